The summed E-state index contributed by atoms with van der Waals surface area (Å²) < 4.78 is 22.3. The van der Waals surface area contributed by atoms with Crippen molar-refractivity contribution in [3.63, 3.8) is 0 Å². The van der Waals surface area contributed by atoms with Crippen molar-refractivity contribution < 1.29 is 18.9 Å². The van der Waals surface area contributed by atoms with Crippen molar-refractivity contribution in [1.29, 1.82) is 0 Å². The van der Waals surface area contributed by atoms with E-state index in [1.165, 1.54) is 0 Å². The molecule has 0 amide bonds. The number of nitrogens with zero attached hydrogens (tertiary/aromatic N) is 2. The number of fused-ring (bicyclic) bond motifs is 1. The van der Waals surface area contributed by atoms with Crippen molar-refractivity contribution in [1.82, 2.24) is 9.97 Å². The molecule has 32 heavy (non-hydrogen) atoms. The van der Waals surface area contributed by atoms with Crippen LogP contribution in [0.25, 0.3) is 11.0 Å². The summed E-state index contributed by atoms with van der Waals surface area (Å²) in [6, 6.07) is 7.72. The average Bonchev–Trinajstić information content (AvgIpc) is 2.83. The minimum Gasteiger partial charge on any atom is -0.379 e. The molecule has 0 saturated carbocycles. The molecule has 0 radical (unpaired) electrons. The van der Waals surface area contributed by atoms with Gasteiger partial charge in [0.25, 0.3) is 0 Å². The lowest BCUT2D eigenvalue weighted by Crippen LogP contribution is -2.14. The fraction of sp³-hybridized carbons (Fsp3) is 0.538. The minimum absolute atomic E-state index is 0.199. The molecule has 0 aliphatic rings. The Bertz CT molecular complexity index is 863. The maximum absolute atomic E-state index is 5.81. The van der Waals surface area contributed by atoms with Crippen LogP contribution in [0.2, 0.25) is 0 Å². The van der Waals surface area contributed by atoms with E-state index in [2.05, 4.69) is 23.7 Å². The third kappa shape index (κ3) is 8.94. The van der Waals surface area contributed by atoms with E-state index in [1.54, 1.807) is 0 Å². The Labute approximate surface area is 192 Å². The van der Waals surface area contributed by atoms with Gasteiger partial charge in [-0.3, -0.25) is 0 Å². The molecule has 0 unspecified atom stereocenters. The van der Waals surface area contributed by atoms with Crippen molar-refractivity contribution >= 4 is 11.0 Å². The van der Waals surface area contributed by atoms with Crippen LogP contribution in [0.3, 0.4) is 0 Å². The fourth-order valence-electron chi connectivity index (χ4n) is 2.78. The molecule has 6 nitrogen and oxygen atoms in total. The van der Waals surface area contributed by atoms with E-state index in [9.17, 15) is 0 Å². The topological polar surface area (TPSA) is 62.7 Å². The highest BCUT2D eigenvalue weighted by Crippen LogP contribution is 2.12. The predicted molar refractivity (Wildman–Crippen MR) is 126 cm³/mol. The molecule has 2 rings (SSSR count). The lowest BCUT2D eigenvalue weighted by molar-refractivity contribution is 0.0292. The van der Waals surface area contributed by atoms with Crippen LogP contribution >= 0.6 is 0 Å². The van der Waals surface area contributed by atoms with Gasteiger partial charge in [-0.1, -0.05) is 37.8 Å². The number of hydrogen-bond acceptors (Lipinski definition) is 6. The smallest absolute Gasteiger partial charge is 0.148 e. The second-order valence-electron chi connectivity index (χ2n) is 6.88. The normalized spacial score (nSPS) is 12.5. The first-order valence-electron chi connectivity index (χ1n) is 11.4. The predicted octanol–water partition coefficient (Wildman–Crippen LogP) is 4.00. The molecule has 6 heteroatoms. The van der Waals surface area contributed by atoms with Gasteiger partial charge in [-0.15, -0.1) is 0 Å². The van der Waals surface area contributed by atoms with Gasteiger partial charge in [0.2, 0.25) is 0 Å². The SMILES string of the molecule is CCOCCO[C@@H](C#Cc1nc2ccccc2nc1C#C[C@@H](CC)OCCOCC)CC. The summed E-state index contributed by atoms with van der Waals surface area (Å²) in [6.07, 6.45) is 1.14. The van der Waals surface area contributed by atoms with Gasteiger partial charge in [0.05, 0.1) is 37.5 Å². The van der Waals surface area contributed by atoms with Crippen LogP contribution in [0.1, 0.15) is 51.9 Å². The number of hydrogen-bond donors (Lipinski definition) is 0. The second-order valence-corrected chi connectivity index (χ2v) is 6.88. The first-order chi connectivity index (χ1) is 15.7. The summed E-state index contributed by atoms with van der Waals surface area (Å²) in [7, 11) is 0. The first kappa shape index (κ1) is 25.8. The summed E-state index contributed by atoms with van der Waals surface area (Å²) in [5, 5.41) is 0. The Morgan fingerprint density at radius 3 is 1.50 bits per heavy atom. The van der Waals surface area contributed by atoms with Crippen LogP contribution in [0.5, 0.6) is 0 Å². The molecule has 172 valence electrons. The molecular weight excluding hydrogens is 404 g/mol. The number of aromatic nitrogens is 2. The zero-order valence-electron chi connectivity index (χ0n) is 19.6. The molecule has 2 aromatic rings. The monoisotopic (exact) mass is 438 g/mol. The minimum atomic E-state index is -0.199. The van der Waals surface area contributed by atoms with E-state index in [0.717, 1.165) is 23.9 Å². The highest BCUT2D eigenvalue weighted by atomic mass is 16.5. The number of rotatable bonds is 12. The maximum atomic E-state index is 5.81. The van der Waals surface area contributed by atoms with E-state index in [4.69, 9.17) is 28.9 Å². The van der Waals surface area contributed by atoms with Gasteiger partial charge >= 0.3 is 0 Å². The van der Waals surface area contributed by atoms with Gasteiger partial charge < -0.3 is 18.9 Å². The van der Waals surface area contributed by atoms with Gasteiger partial charge in [-0.05, 0) is 50.7 Å². The molecule has 2 atom stereocenters. The van der Waals surface area contributed by atoms with E-state index in [-0.39, 0.29) is 12.2 Å². The van der Waals surface area contributed by atoms with Crippen molar-refractivity contribution in [3.05, 3.63) is 35.7 Å². The van der Waals surface area contributed by atoms with Crippen LogP contribution in [-0.4, -0.2) is 61.8 Å². The zero-order chi connectivity index (χ0) is 23.0. The maximum Gasteiger partial charge on any atom is 0.148 e. The van der Waals surface area contributed by atoms with Crippen molar-refractivity contribution in [2.24, 2.45) is 0 Å². The first-order valence-corrected chi connectivity index (χ1v) is 11.4. The molecule has 1 aromatic heterocycles. The van der Waals surface area contributed by atoms with Gasteiger partial charge in [0.1, 0.15) is 23.6 Å². The Hall–Kier alpha value is -2.48. The summed E-state index contributed by atoms with van der Waals surface area (Å²) in [5.41, 5.74) is 2.67. The molecule has 0 aliphatic heterocycles. The lowest BCUT2D eigenvalue weighted by Gasteiger charge is -2.10. The van der Waals surface area contributed by atoms with Crippen LogP contribution < -0.4 is 0 Å². The summed E-state index contributed by atoms with van der Waals surface area (Å²) >= 11 is 0. The van der Waals surface area contributed by atoms with E-state index < -0.39 is 0 Å². The summed E-state index contributed by atoms with van der Waals surface area (Å²) in [5.74, 6) is 12.6. The molecule has 0 saturated heterocycles. The highest BCUT2D eigenvalue weighted by Gasteiger charge is 2.08. The average molecular weight is 439 g/mol. The Balaban J connectivity index is 2.24. The number of ether oxygens (including phenoxy) is 4. The number of para-hydroxylation sites is 2. The second kappa shape index (κ2) is 15.3. The van der Waals surface area contributed by atoms with Crippen molar-refractivity contribution in [2.75, 3.05) is 39.6 Å². The zero-order valence-corrected chi connectivity index (χ0v) is 19.6. The molecular formula is C26H34N2O4. The van der Waals surface area contributed by atoms with Crippen molar-refractivity contribution in [2.45, 2.75) is 52.7 Å². The largest absolute Gasteiger partial charge is 0.379 e. The van der Waals surface area contributed by atoms with Crippen LogP contribution in [0.4, 0.5) is 0 Å². The molecule has 0 fully saturated rings. The highest BCUT2D eigenvalue weighted by molar-refractivity contribution is 5.75. The van der Waals surface area contributed by atoms with E-state index >= 15 is 0 Å². The van der Waals surface area contributed by atoms with E-state index in [0.29, 0.717) is 51.0 Å². The van der Waals surface area contributed by atoms with Crippen LogP contribution in [-0.2, 0) is 18.9 Å². The molecule has 1 aromatic carbocycles. The third-order valence-electron chi connectivity index (χ3n) is 4.52. The van der Waals surface area contributed by atoms with Gasteiger partial charge in [-0.25, -0.2) is 9.97 Å². The molecule has 0 spiro atoms. The van der Waals surface area contributed by atoms with Crippen LogP contribution in [0, 0.1) is 23.7 Å². The number of benzene rings is 1. The Morgan fingerprint density at radius 1 is 0.688 bits per heavy atom. The quantitative estimate of drug-likeness (QED) is 0.369. The molecule has 0 N–H and O–H groups in total. The van der Waals surface area contributed by atoms with Crippen LogP contribution in [0.15, 0.2) is 24.3 Å². The molecule has 0 bridgehead atoms. The van der Waals surface area contributed by atoms with Crippen molar-refractivity contribution in [3.8, 4) is 23.7 Å². The third-order valence-corrected chi connectivity index (χ3v) is 4.52. The Morgan fingerprint density at radius 2 is 1.12 bits per heavy atom. The van der Waals surface area contributed by atoms with E-state index in [1.807, 2.05) is 52.0 Å². The molecule has 1 heterocycles. The summed E-state index contributed by atoms with van der Waals surface area (Å²) in [6.45, 7) is 11.5. The van der Waals surface area contributed by atoms with Gasteiger partial charge in [0.15, 0.2) is 0 Å². The fourth-order valence-corrected chi connectivity index (χ4v) is 2.78. The molecule has 0 aliphatic carbocycles. The summed E-state index contributed by atoms with van der Waals surface area (Å²) in [4.78, 5) is 9.40. The van der Waals surface area contributed by atoms with Gasteiger partial charge in [-0.2, -0.15) is 0 Å². The lowest BCUT2D eigenvalue weighted by atomic mass is 10.2. The standard InChI is InChI=1S/C26H34N2O4/c1-5-21(31-19-17-29-7-3)13-15-25-26(28-24-12-10-9-11-23(24)27-25)16-14-22(6-2)32-20-18-30-8-4/h9-12,21-22H,5-8,17-20H2,1-4H3/t21-,22-/m1/s1. The Kier molecular flexibility index (Phi) is 12.4. The van der Waals surface area contributed by atoms with Gasteiger partial charge in [0, 0.05) is 13.2 Å².